The summed E-state index contributed by atoms with van der Waals surface area (Å²) >= 11 is 0. The van der Waals surface area contributed by atoms with Crippen molar-refractivity contribution in [2.24, 2.45) is 22.9 Å². The Morgan fingerprint density at radius 3 is 1.17 bits per heavy atom. The maximum Gasteiger partial charge on any atom is 0.0222 e. The molecule has 2 saturated carbocycles. The third kappa shape index (κ3) is 8.68. The predicted molar refractivity (Wildman–Crippen MR) is 102 cm³/mol. The van der Waals surface area contributed by atoms with E-state index in [9.17, 15) is 0 Å². The number of hydrogen-bond acceptors (Lipinski definition) is 8. The normalized spacial score (nSPS) is 28.5. The summed E-state index contributed by atoms with van der Waals surface area (Å²) < 4.78 is 0. The summed E-state index contributed by atoms with van der Waals surface area (Å²) in [5.74, 6) is 0. The molecule has 0 heterocycles. The van der Waals surface area contributed by atoms with Crippen LogP contribution in [0, 0.1) is 0 Å². The number of rotatable bonds is 12. The summed E-state index contributed by atoms with van der Waals surface area (Å²) in [6.45, 7) is 6.63. The molecular formula is C16H40N8. The van der Waals surface area contributed by atoms with E-state index in [1.807, 2.05) is 0 Å². The molecule has 0 radical (unpaired) electrons. The zero-order valence-electron chi connectivity index (χ0n) is 15.1. The Balaban J connectivity index is 0.000000240. The van der Waals surface area contributed by atoms with Gasteiger partial charge in [-0.3, -0.25) is 0 Å². The molecule has 0 saturated heterocycles. The summed E-state index contributed by atoms with van der Waals surface area (Å²) in [4.78, 5) is 0. The van der Waals surface area contributed by atoms with E-state index in [2.05, 4.69) is 21.3 Å². The van der Waals surface area contributed by atoms with Crippen LogP contribution in [0.1, 0.15) is 25.7 Å². The molecule has 8 nitrogen and oxygen atoms in total. The minimum Gasteiger partial charge on any atom is -0.329 e. The van der Waals surface area contributed by atoms with Gasteiger partial charge in [-0.05, 0) is 25.7 Å². The predicted octanol–water partition coefficient (Wildman–Crippen LogP) is -2.77. The van der Waals surface area contributed by atoms with Gasteiger partial charge in [0.2, 0.25) is 0 Å². The first-order valence-corrected chi connectivity index (χ1v) is 9.48. The average Bonchev–Trinajstić information content (AvgIpc) is 2.53. The minimum atomic E-state index is 0.625. The molecule has 2 atom stereocenters. The topological polar surface area (TPSA) is 152 Å². The van der Waals surface area contributed by atoms with Crippen molar-refractivity contribution in [3.05, 3.63) is 0 Å². The van der Waals surface area contributed by atoms with E-state index in [1.54, 1.807) is 0 Å². The fraction of sp³-hybridized carbons (Fsp3) is 1.00. The average molecular weight is 345 g/mol. The first-order valence-electron chi connectivity index (χ1n) is 9.48. The highest BCUT2D eigenvalue weighted by molar-refractivity contribution is 4.92. The molecule has 144 valence electrons. The second-order valence-electron chi connectivity index (χ2n) is 6.63. The standard InChI is InChI=1S/2C8H20N4/c9-1-3-11-7-5-8(6-7)12-4-2-10;9-3-5-11-7-1-2-8(7)12-6-4-10/h2*7-8,11-12H,1-6,9-10H2. The molecule has 0 aliphatic heterocycles. The van der Waals surface area contributed by atoms with Crippen molar-refractivity contribution in [2.75, 3.05) is 52.4 Å². The molecule has 2 rings (SSSR count). The third-order valence-corrected chi connectivity index (χ3v) is 4.67. The zero-order chi connectivity index (χ0) is 17.6. The van der Waals surface area contributed by atoms with Crippen LogP contribution in [0.4, 0.5) is 0 Å². The lowest BCUT2D eigenvalue weighted by Crippen LogP contribution is -2.56. The van der Waals surface area contributed by atoms with Gasteiger partial charge in [0.05, 0.1) is 0 Å². The first kappa shape index (κ1) is 21.7. The minimum absolute atomic E-state index is 0.625. The van der Waals surface area contributed by atoms with E-state index in [4.69, 9.17) is 22.9 Å². The number of hydrogen-bond donors (Lipinski definition) is 8. The molecule has 2 aliphatic carbocycles. The Morgan fingerprint density at radius 1 is 0.542 bits per heavy atom. The maximum absolute atomic E-state index is 5.40. The van der Waals surface area contributed by atoms with Gasteiger partial charge in [0.15, 0.2) is 0 Å². The van der Waals surface area contributed by atoms with Crippen LogP contribution < -0.4 is 44.2 Å². The Bertz CT molecular complexity index is 259. The van der Waals surface area contributed by atoms with Crippen LogP contribution in [-0.4, -0.2) is 76.5 Å². The second-order valence-corrected chi connectivity index (χ2v) is 6.63. The van der Waals surface area contributed by atoms with Gasteiger partial charge in [0.1, 0.15) is 0 Å². The fourth-order valence-electron chi connectivity index (χ4n) is 3.05. The van der Waals surface area contributed by atoms with Crippen LogP contribution >= 0.6 is 0 Å². The quantitative estimate of drug-likeness (QED) is 0.189. The van der Waals surface area contributed by atoms with Crippen molar-refractivity contribution < 1.29 is 0 Å². The molecule has 12 N–H and O–H groups in total. The van der Waals surface area contributed by atoms with Crippen molar-refractivity contribution in [1.82, 2.24) is 21.3 Å². The SMILES string of the molecule is NCCNC1CC(NCCN)C1.NCCNC1CCC1NCCN. The molecule has 0 aromatic rings. The Hall–Kier alpha value is -0.320. The molecule has 2 fully saturated rings. The fourth-order valence-corrected chi connectivity index (χ4v) is 3.05. The molecule has 2 aliphatic rings. The van der Waals surface area contributed by atoms with Crippen molar-refractivity contribution in [1.29, 1.82) is 0 Å². The van der Waals surface area contributed by atoms with Gasteiger partial charge in [-0.2, -0.15) is 0 Å². The van der Waals surface area contributed by atoms with Gasteiger partial charge < -0.3 is 44.2 Å². The zero-order valence-corrected chi connectivity index (χ0v) is 15.1. The molecular weight excluding hydrogens is 304 g/mol. The first-order chi connectivity index (χ1) is 11.7. The molecule has 2 unspecified atom stereocenters. The number of nitrogens with two attached hydrogens (primary N) is 4. The van der Waals surface area contributed by atoms with Crippen LogP contribution in [0.25, 0.3) is 0 Å². The molecule has 0 spiro atoms. The van der Waals surface area contributed by atoms with Gasteiger partial charge >= 0.3 is 0 Å². The Kier molecular flexibility index (Phi) is 12.6. The summed E-state index contributed by atoms with van der Waals surface area (Å²) in [5, 5.41) is 13.6. The number of nitrogens with one attached hydrogen (secondary N) is 4. The van der Waals surface area contributed by atoms with Gasteiger partial charge in [-0.25, -0.2) is 0 Å². The van der Waals surface area contributed by atoms with E-state index in [1.165, 1.54) is 25.7 Å². The van der Waals surface area contributed by atoms with Crippen LogP contribution in [0.5, 0.6) is 0 Å². The highest BCUT2D eigenvalue weighted by Gasteiger charge is 2.29. The van der Waals surface area contributed by atoms with Gasteiger partial charge in [0.25, 0.3) is 0 Å². The highest BCUT2D eigenvalue weighted by atomic mass is 15.1. The molecule has 0 aromatic heterocycles. The van der Waals surface area contributed by atoms with Crippen molar-refractivity contribution in [3.63, 3.8) is 0 Å². The lowest BCUT2D eigenvalue weighted by Gasteiger charge is -2.38. The summed E-state index contributed by atoms with van der Waals surface area (Å²) in [6, 6.07) is 2.62. The maximum atomic E-state index is 5.40. The van der Waals surface area contributed by atoms with Gasteiger partial charge in [-0.15, -0.1) is 0 Å². The van der Waals surface area contributed by atoms with Crippen molar-refractivity contribution in [3.8, 4) is 0 Å². The van der Waals surface area contributed by atoms with Crippen molar-refractivity contribution >= 4 is 0 Å². The van der Waals surface area contributed by atoms with Crippen LogP contribution in [0.15, 0.2) is 0 Å². The van der Waals surface area contributed by atoms with E-state index in [-0.39, 0.29) is 0 Å². The molecule has 0 amide bonds. The molecule has 0 aromatic carbocycles. The monoisotopic (exact) mass is 344 g/mol. The summed E-state index contributed by atoms with van der Waals surface area (Å²) in [6.07, 6.45) is 4.98. The smallest absolute Gasteiger partial charge is 0.0222 e. The third-order valence-electron chi connectivity index (χ3n) is 4.67. The van der Waals surface area contributed by atoms with E-state index >= 15 is 0 Å². The van der Waals surface area contributed by atoms with E-state index in [0.29, 0.717) is 24.2 Å². The lowest BCUT2D eigenvalue weighted by molar-refractivity contribution is 0.243. The molecule has 24 heavy (non-hydrogen) atoms. The van der Waals surface area contributed by atoms with E-state index in [0.717, 1.165) is 52.4 Å². The van der Waals surface area contributed by atoms with Crippen LogP contribution in [-0.2, 0) is 0 Å². The van der Waals surface area contributed by atoms with Crippen LogP contribution in [0.3, 0.4) is 0 Å². The summed E-state index contributed by atoms with van der Waals surface area (Å²) in [5.41, 5.74) is 21.5. The Morgan fingerprint density at radius 2 is 0.875 bits per heavy atom. The second kappa shape index (κ2) is 13.9. The molecule has 8 heteroatoms. The summed E-state index contributed by atoms with van der Waals surface area (Å²) in [7, 11) is 0. The lowest BCUT2D eigenvalue weighted by atomic mass is 9.86. The van der Waals surface area contributed by atoms with Gasteiger partial charge in [0, 0.05) is 76.5 Å². The van der Waals surface area contributed by atoms with Crippen LogP contribution in [0.2, 0.25) is 0 Å². The van der Waals surface area contributed by atoms with Gasteiger partial charge in [-0.1, -0.05) is 0 Å². The molecule has 0 bridgehead atoms. The van der Waals surface area contributed by atoms with Crippen molar-refractivity contribution in [2.45, 2.75) is 49.9 Å². The van der Waals surface area contributed by atoms with E-state index < -0.39 is 0 Å². The Labute approximate surface area is 147 Å². The highest BCUT2D eigenvalue weighted by Crippen LogP contribution is 2.19. The largest absolute Gasteiger partial charge is 0.329 e.